The third kappa shape index (κ3) is 5.70. The zero-order chi connectivity index (χ0) is 25.1. The minimum absolute atomic E-state index is 0.122. The molecule has 0 aromatic heterocycles. The SMILES string of the molecule is Cc1cccc(C(=O)O[C@H](C(=O)O)[C@H](OC(=O)c2cccc(C)c2)C(=O)N[C@@H]2C[C@H]3CC[C@H]2C3)c1. The van der Waals surface area contributed by atoms with Gasteiger partial charge in [-0.05, 0) is 69.2 Å². The van der Waals surface area contributed by atoms with Crippen molar-refractivity contribution < 1.29 is 33.8 Å². The normalized spacial score (nSPS) is 22.2. The average Bonchev–Trinajstić information content (AvgIpc) is 3.44. The molecular weight excluding hydrogens is 450 g/mol. The maximum atomic E-state index is 13.3. The molecular formula is C27H29NO7. The second-order valence-corrected chi connectivity index (χ2v) is 9.52. The minimum Gasteiger partial charge on any atom is -0.478 e. The number of hydrogen-bond acceptors (Lipinski definition) is 6. The number of aryl methyl sites for hydroxylation is 2. The zero-order valence-corrected chi connectivity index (χ0v) is 19.7. The van der Waals surface area contributed by atoms with Crippen molar-refractivity contribution in [3.63, 3.8) is 0 Å². The fourth-order valence-corrected chi connectivity index (χ4v) is 5.09. The molecule has 184 valence electrons. The number of carbonyl (C=O) groups is 4. The van der Waals surface area contributed by atoms with E-state index >= 15 is 0 Å². The van der Waals surface area contributed by atoms with Gasteiger partial charge in [0.1, 0.15) is 0 Å². The van der Waals surface area contributed by atoms with Crippen LogP contribution in [-0.2, 0) is 19.1 Å². The summed E-state index contributed by atoms with van der Waals surface area (Å²) in [7, 11) is 0. The lowest BCUT2D eigenvalue weighted by molar-refractivity contribution is -0.159. The maximum Gasteiger partial charge on any atom is 0.349 e. The van der Waals surface area contributed by atoms with Crippen molar-refractivity contribution in [1.82, 2.24) is 5.32 Å². The molecule has 0 aliphatic heterocycles. The van der Waals surface area contributed by atoms with E-state index in [0.29, 0.717) is 11.8 Å². The van der Waals surface area contributed by atoms with Crippen LogP contribution in [0.4, 0.5) is 0 Å². The highest BCUT2D eigenvalue weighted by Crippen LogP contribution is 2.44. The van der Waals surface area contributed by atoms with Crippen molar-refractivity contribution in [3.05, 3.63) is 70.8 Å². The monoisotopic (exact) mass is 479 g/mol. The number of rotatable bonds is 8. The first-order valence-electron chi connectivity index (χ1n) is 11.8. The number of carboxylic acid groups (broad SMARTS) is 1. The molecule has 2 aromatic carbocycles. The number of carbonyl (C=O) groups excluding carboxylic acids is 3. The number of benzene rings is 2. The summed E-state index contributed by atoms with van der Waals surface area (Å²) in [5.74, 6) is -3.32. The summed E-state index contributed by atoms with van der Waals surface area (Å²) >= 11 is 0. The summed E-state index contributed by atoms with van der Waals surface area (Å²) < 4.78 is 10.7. The smallest absolute Gasteiger partial charge is 0.349 e. The van der Waals surface area contributed by atoms with Gasteiger partial charge in [-0.25, -0.2) is 14.4 Å². The van der Waals surface area contributed by atoms with Gasteiger partial charge in [0.2, 0.25) is 12.2 Å². The molecule has 2 fully saturated rings. The van der Waals surface area contributed by atoms with Crippen LogP contribution in [0.3, 0.4) is 0 Å². The first-order chi connectivity index (χ1) is 16.7. The van der Waals surface area contributed by atoms with Gasteiger partial charge < -0.3 is 19.9 Å². The molecule has 0 unspecified atom stereocenters. The molecule has 0 radical (unpaired) electrons. The molecule has 2 aliphatic carbocycles. The average molecular weight is 480 g/mol. The van der Waals surface area contributed by atoms with Gasteiger partial charge in [0, 0.05) is 6.04 Å². The number of amides is 1. The van der Waals surface area contributed by atoms with Crippen LogP contribution in [0.1, 0.15) is 57.5 Å². The second kappa shape index (κ2) is 10.3. The fourth-order valence-electron chi connectivity index (χ4n) is 5.09. The summed E-state index contributed by atoms with van der Waals surface area (Å²) in [4.78, 5) is 51.1. The van der Waals surface area contributed by atoms with E-state index in [1.807, 2.05) is 0 Å². The van der Waals surface area contributed by atoms with Gasteiger partial charge in [-0.1, -0.05) is 41.8 Å². The zero-order valence-electron chi connectivity index (χ0n) is 19.7. The number of nitrogens with one attached hydrogen (secondary N) is 1. The van der Waals surface area contributed by atoms with Crippen molar-refractivity contribution in [2.75, 3.05) is 0 Å². The number of esters is 2. The third-order valence-corrected chi connectivity index (χ3v) is 6.82. The van der Waals surface area contributed by atoms with Crippen LogP contribution in [0.15, 0.2) is 48.5 Å². The molecule has 8 heteroatoms. The van der Waals surface area contributed by atoms with Gasteiger partial charge in [-0.3, -0.25) is 4.79 Å². The Hall–Kier alpha value is -3.68. The number of aliphatic carboxylic acids is 1. The molecule has 0 spiro atoms. The summed E-state index contributed by atoms with van der Waals surface area (Å²) in [6, 6.07) is 12.9. The number of hydrogen-bond donors (Lipinski definition) is 2. The molecule has 2 aromatic rings. The first kappa shape index (κ1) is 24.4. The molecule has 1 amide bonds. The van der Waals surface area contributed by atoms with Crippen LogP contribution in [0.25, 0.3) is 0 Å². The molecule has 2 N–H and O–H groups in total. The highest BCUT2D eigenvalue weighted by atomic mass is 16.6. The van der Waals surface area contributed by atoms with Gasteiger partial charge in [0.05, 0.1) is 11.1 Å². The number of ether oxygens (including phenoxy) is 2. The van der Waals surface area contributed by atoms with Gasteiger partial charge in [0.15, 0.2) is 0 Å². The molecule has 0 heterocycles. The van der Waals surface area contributed by atoms with Crippen LogP contribution >= 0.6 is 0 Å². The molecule has 2 saturated carbocycles. The van der Waals surface area contributed by atoms with Crippen LogP contribution in [0.5, 0.6) is 0 Å². The van der Waals surface area contributed by atoms with Gasteiger partial charge in [-0.2, -0.15) is 0 Å². The Labute approximate surface area is 203 Å². The van der Waals surface area contributed by atoms with Crippen molar-refractivity contribution in [2.24, 2.45) is 11.8 Å². The predicted octanol–water partition coefficient (Wildman–Crippen LogP) is 3.44. The molecule has 5 atom stereocenters. The summed E-state index contributed by atoms with van der Waals surface area (Å²) in [6.07, 6.45) is 0.0609. The second-order valence-electron chi connectivity index (χ2n) is 9.52. The summed E-state index contributed by atoms with van der Waals surface area (Å²) in [5, 5.41) is 12.8. The van der Waals surface area contributed by atoms with E-state index in [2.05, 4.69) is 5.32 Å². The van der Waals surface area contributed by atoms with Gasteiger partial charge in [-0.15, -0.1) is 0 Å². The Bertz CT molecular complexity index is 1140. The Kier molecular flexibility index (Phi) is 7.19. The predicted molar refractivity (Wildman–Crippen MR) is 126 cm³/mol. The van der Waals surface area contributed by atoms with Crippen molar-refractivity contribution >= 4 is 23.8 Å². The maximum absolute atomic E-state index is 13.3. The van der Waals surface area contributed by atoms with E-state index in [1.54, 1.807) is 50.2 Å². The lowest BCUT2D eigenvalue weighted by Gasteiger charge is -2.28. The molecule has 8 nitrogen and oxygen atoms in total. The Morgan fingerprint density at radius 1 is 0.857 bits per heavy atom. The minimum atomic E-state index is -2.02. The molecule has 2 aliphatic rings. The van der Waals surface area contributed by atoms with Crippen LogP contribution in [-0.4, -0.2) is 47.2 Å². The molecule has 0 saturated heterocycles. The van der Waals surface area contributed by atoms with Crippen molar-refractivity contribution in [2.45, 2.75) is 57.8 Å². The van der Waals surface area contributed by atoms with Crippen molar-refractivity contribution in [1.29, 1.82) is 0 Å². The van der Waals surface area contributed by atoms with Crippen LogP contribution in [0.2, 0.25) is 0 Å². The van der Waals surface area contributed by atoms with E-state index in [4.69, 9.17) is 9.47 Å². The third-order valence-electron chi connectivity index (χ3n) is 6.82. The lowest BCUT2D eigenvalue weighted by atomic mass is 9.95. The van der Waals surface area contributed by atoms with E-state index in [-0.39, 0.29) is 17.2 Å². The van der Waals surface area contributed by atoms with Gasteiger partial charge in [0.25, 0.3) is 5.91 Å². The number of fused-ring (bicyclic) bond motifs is 2. The van der Waals surface area contributed by atoms with Crippen LogP contribution in [0, 0.1) is 25.7 Å². The van der Waals surface area contributed by atoms with E-state index in [1.165, 1.54) is 12.1 Å². The summed E-state index contributed by atoms with van der Waals surface area (Å²) in [5.41, 5.74) is 1.87. The lowest BCUT2D eigenvalue weighted by Crippen LogP contribution is -2.53. The van der Waals surface area contributed by atoms with E-state index in [0.717, 1.165) is 36.8 Å². The van der Waals surface area contributed by atoms with E-state index < -0.39 is 36.0 Å². The molecule has 4 rings (SSSR count). The molecule has 2 bridgehead atoms. The number of carboxylic acids is 1. The van der Waals surface area contributed by atoms with Crippen LogP contribution < -0.4 is 5.32 Å². The molecule has 35 heavy (non-hydrogen) atoms. The van der Waals surface area contributed by atoms with Gasteiger partial charge >= 0.3 is 17.9 Å². The van der Waals surface area contributed by atoms with Crippen molar-refractivity contribution in [3.8, 4) is 0 Å². The Morgan fingerprint density at radius 2 is 1.43 bits per heavy atom. The first-order valence-corrected chi connectivity index (χ1v) is 11.8. The topological polar surface area (TPSA) is 119 Å². The standard InChI is InChI=1S/C27H29NO7/c1-15-5-3-7-19(11-15)26(32)34-22(24(29)28-21-14-17-9-10-18(21)13-17)23(25(30)31)35-27(33)20-8-4-6-16(2)12-20/h3-8,11-12,17-18,21-23H,9-10,13-14H2,1-2H3,(H,28,29)(H,30,31)/t17-,18-,21+,22-,23-/m0/s1. The highest BCUT2D eigenvalue weighted by molar-refractivity contribution is 5.97. The Morgan fingerprint density at radius 3 is 1.89 bits per heavy atom. The summed E-state index contributed by atoms with van der Waals surface area (Å²) in [6.45, 7) is 3.57. The largest absolute Gasteiger partial charge is 0.478 e. The Balaban J connectivity index is 1.58. The quantitative estimate of drug-likeness (QED) is 0.557. The van der Waals surface area contributed by atoms with E-state index in [9.17, 15) is 24.3 Å². The fraction of sp³-hybridized carbons (Fsp3) is 0.407. The highest BCUT2D eigenvalue weighted by Gasteiger charge is 2.45.